The molecule has 0 aliphatic heterocycles. The third-order valence-electron chi connectivity index (χ3n) is 5.36. The highest BCUT2D eigenvalue weighted by atomic mass is 35.5. The maximum absolute atomic E-state index is 10.2. The number of hydrogen-bond acceptors (Lipinski definition) is 2. The van der Waals surface area contributed by atoms with Gasteiger partial charge in [-0.3, -0.25) is 0 Å². The molecule has 1 fully saturated rings. The summed E-state index contributed by atoms with van der Waals surface area (Å²) in [6.45, 7) is 7.78. The van der Waals surface area contributed by atoms with Gasteiger partial charge in [-0.25, -0.2) is 0 Å². The van der Waals surface area contributed by atoms with Crippen molar-refractivity contribution >= 4 is 11.6 Å². The minimum Gasteiger partial charge on any atom is -0.385 e. The SMILES string of the molecule is C[C@@H]1[C@H](C)CCC[C@@H]1[NH2+]C[C@H](O)CO[C@@H](C)c1ccc(Cl)cc1. The topological polar surface area (TPSA) is 46.1 Å². The largest absolute Gasteiger partial charge is 0.385 e. The summed E-state index contributed by atoms with van der Waals surface area (Å²) < 4.78 is 5.80. The van der Waals surface area contributed by atoms with Gasteiger partial charge in [0.05, 0.1) is 18.8 Å². The fourth-order valence-electron chi connectivity index (χ4n) is 3.44. The highest BCUT2D eigenvalue weighted by Crippen LogP contribution is 2.27. The van der Waals surface area contributed by atoms with Crippen LogP contribution >= 0.6 is 11.6 Å². The summed E-state index contributed by atoms with van der Waals surface area (Å²) in [6.07, 6.45) is 3.47. The third kappa shape index (κ3) is 5.75. The van der Waals surface area contributed by atoms with E-state index in [1.807, 2.05) is 31.2 Å². The van der Waals surface area contributed by atoms with Gasteiger partial charge in [-0.15, -0.1) is 0 Å². The van der Waals surface area contributed by atoms with Gasteiger partial charge >= 0.3 is 0 Å². The molecule has 2 rings (SSSR count). The Balaban J connectivity index is 1.70. The van der Waals surface area contributed by atoms with Crippen LogP contribution in [0.1, 0.15) is 51.7 Å². The monoisotopic (exact) mass is 340 g/mol. The van der Waals surface area contributed by atoms with E-state index in [0.29, 0.717) is 12.6 Å². The summed E-state index contributed by atoms with van der Waals surface area (Å²) in [6, 6.07) is 8.31. The quantitative estimate of drug-likeness (QED) is 0.800. The number of nitrogens with two attached hydrogens (primary N) is 1. The van der Waals surface area contributed by atoms with Gasteiger partial charge in [-0.1, -0.05) is 37.6 Å². The Labute approximate surface area is 145 Å². The first-order valence-corrected chi connectivity index (χ1v) is 9.23. The molecule has 0 heterocycles. The summed E-state index contributed by atoms with van der Waals surface area (Å²) in [5.74, 6) is 1.52. The van der Waals surface area contributed by atoms with Crippen LogP contribution in [0.2, 0.25) is 5.02 Å². The summed E-state index contributed by atoms with van der Waals surface area (Å²) in [5.41, 5.74) is 1.08. The molecular weight excluding hydrogens is 310 g/mol. The molecule has 1 aromatic rings. The Hall–Kier alpha value is -0.610. The Bertz CT molecular complexity index is 465. The lowest BCUT2D eigenvalue weighted by Gasteiger charge is -2.32. The van der Waals surface area contributed by atoms with Gasteiger partial charge in [0.2, 0.25) is 0 Å². The van der Waals surface area contributed by atoms with Gasteiger partial charge in [-0.05, 0) is 49.8 Å². The molecule has 130 valence electrons. The van der Waals surface area contributed by atoms with Crippen LogP contribution in [0.5, 0.6) is 0 Å². The molecule has 5 atom stereocenters. The van der Waals surface area contributed by atoms with Crippen molar-refractivity contribution in [1.29, 1.82) is 0 Å². The summed E-state index contributed by atoms with van der Waals surface area (Å²) in [7, 11) is 0. The van der Waals surface area contributed by atoms with Crippen molar-refractivity contribution < 1.29 is 15.2 Å². The van der Waals surface area contributed by atoms with E-state index < -0.39 is 6.10 Å². The second kappa shape index (κ2) is 9.03. The molecular formula is C19H31ClNO2+. The summed E-state index contributed by atoms with van der Waals surface area (Å²) in [4.78, 5) is 0. The number of rotatable bonds is 7. The number of quaternary nitrogens is 1. The van der Waals surface area contributed by atoms with Crippen molar-refractivity contribution in [2.75, 3.05) is 13.2 Å². The van der Waals surface area contributed by atoms with E-state index in [-0.39, 0.29) is 6.10 Å². The number of ether oxygens (including phenoxy) is 1. The molecule has 1 aliphatic carbocycles. The van der Waals surface area contributed by atoms with E-state index in [2.05, 4.69) is 19.2 Å². The first-order chi connectivity index (χ1) is 11.0. The number of hydrogen-bond donors (Lipinski definition) is 2. The molecule has 0 spiro atoms. The van der Waals surface area contributed by atoms with E-state index in [0.717, 1.165) is 29.0 Å². The minimum atomic E-state index is -0.422. The average Bonchev–Trinajstić information content (AvgIpc) is 2.54. The molecule has 0 aromatic heterocycles. The maximum atomic E-state index is 10.2. The number of aliphatic hydroxyl groups excluding tert-OH is 1. The van der Waals surface area contributed by atoms with E-state index in [9.17, 15) is 5.11 Å². The third-order valence-corrected chi connectivity index (χ3v) is 5.61. The van der Waals surface area contributed by atoms with Gasteiger partial charge in [-0.2, -0.15) is 0 Å². The van der Waals surface area contributed by atoms with E-state index in [1.54, 1.807) is 0 Å². The Morgan fingerprint density at radius 3 is 2.65 bits per heavy atom. The molecule has 0 unspecified atom stereocenters. The Morgan fingerprint density at radius 1 is 1.26 bits per heavy atom. The smallest absolute Gasteiger partial charge is 0.126 e. The Morgan fingerprint density at radius 2 is 1.96 bits per heavy atom. The zero-order valence-corrected chi connectivity index (χ0v) is 15.3. The summed E-state index contributed by atoms with van der Waals surface area (Å²) >= 11 is 5.90. The van der Waals surface area contributed by atoms with Gasteiger partial charge in [0, 0.05) is 10.9 Å². The average molecular weight is 341 g/mol. The first kappa shape index (κ1) is 18.7. The second-order valence-corrected chi connectivity index (χ2v) is 7.52. The molecule has 3 N–H and O–H groups in total. The van der Waals surface area contributed by atoms with Crippen molar-refractivity contribution in [3.8, 4) is 0 Å². The van der Waals surface area contributed by atoms with E-state index in [1.165, 1.54) is 19.3 Å². The highest BCUT2D eigenvalue weighted by Gasteiger charge is 2.30. The summed E-state index contributed by atoms with van der Waals surface area (Å²) in [5, 5.41) is 13.2. The van der Waals surface area contributed by atoms with Gasteiger partial charge in [0.15, 0.2) is 0 Å². The van der Waals surface area contributed by atoms with Crippen molar-refractivity contribution in [3.63, 3.8) is 0 Å². The predicted octanol–water partition coefficient (Wildman–Crippen LogP) is 3.17. The number of aliphatic hydroxyl groups is 1. The van der Waals surface area contributed by atoms with Gasteiger partial charge < -0.3 is 15.2 Å². The maximum Gasteiger partial charge on any atom is 0.126 e. The number of halogens is 1. The van der Waals surface area contributed by atoms with Crippen LogP contribution in [0, 0.1) is 11.8 Å². The van der Waals surface area contributed by atoms with Crippen molar-refractivity contribution in [3.05, 3.63) is 34.9 Å². The lowest BCUT2D eigenvalue weighted by Crippen LogP contribution is -2.93. The van der Waals surface area contributed by atoms with Crippen LogP contribution in [0.4, 0.5) is 0 Å². The Kier molecular flexibility index (Phi) is 7.35. The molecule has 23 heavy (non-hydrogen) atoms. The van der Waals surface area contributed by atoms with Crippen molar-refractivity contribution in [1.82, 2.24) is 0 Å². The van der Waals surface area contributed by atoms with Crippen molar-refractivity contribution in [2.45, 2.75) is 58.3 Å². The molecule has 3 nitrogen and oxygen atoms in total. The van der Waals surface area contributed by atoms with Gasteiger partial charge in [0.25, 0.3) is 0 Å². The van der Waals surface area contributed by atoms with E-state index in [4.69, 9.17) is 16.3 Å². The van der Waals surface area contributed by atoms with Crippen LogP contribution < -0.4 is 5.32 Å². The van der Waals surface area contributed by atoms with E-state index >= 15 is 0 Å². The van der Waals surface area contributed by atoms with Crippen molar-refractivity contribution in [2.24, 2.45) is 11.8 Å². The molecule has 1 aliphatic rings. The predicted molar refractivity (Wildman–Crippen MR) is 94.6 cm³/mol. The second-order valence-electron chi connectivity index (χ2n) is 7.08. The minimum absolute atomic E-state index is 0.0319. The number of benzene rings is 1. The first-order valence-electron chi connectivity index (χ1n) is 8.85. The molecule has 0 saturated heterocycles. The zero-order chi connectivity index (χ0) is 16.8. The van der Waals surface area contributed by atoms with Crippen LogP contribution in [0.15, 0.2) is 24.3 Å². The molecule has 0 radical (unpaired) electrons. The standard InChI is InChI=1S/C19H30ClNO2/c1-13-5-4-6-19(14(13)2)21-11-18(22)12-23-15(3)16-7-9-17(20)10-8-16/h7-10,13-15,18-19,21-22H,4-6,11-12H2,1-3H3/p+1/t13-,14-,15+,18+,19+/m1/s1. The highest BCUT2D eigenvalue weighted by molar-refractivity contribution is 6.30. The van der Waals surface area contributed by atoms with Crippen LogP contribution in [-0.4, -0.2) is 30.4 Å². The van der Waals surface area contributed by atoms with Gasteiger partial charge in [0.1, 0.15) is 12.6 Å². The fraction of sp³-hybridized carbons (Fsp3) is 0.684. The van der Waals surface area contributed by atoms with Crippen LogP contribution in [0.25, 0.3) is 0 Å². The molecule has 4 heteroatoms. The lowest BCUT2D eigenvalue weighted by molar-refractivity contribution is -0.704. The zero-order valence-electron chi connectivity index (χ0n) is 14.5. The molecule has 1 aromatic carbocycles. The molecule has 0 bridgehead atoms. The lowest BCUT2D eigenvalue weighted by atomic mass is 9.78. The normalized spacial score (nSPS) is 27.6. The molecule has 0 amide bonds. The molecule has 1 saturated carbocycles. The fourth-order valence-corrected chi connectivity index (χ4v) is 3.57. The van der Waals surface area contributed by atoms with Crippen LogP contribution in [0.3, 0.4) is 0 Å². The van der Waals surface area contributed by atoms with Crippen LogP contribution in [-0.2, 0) is 4.74 Å².